The number of thioether (sulfide) groups is 1. The second-order valence-electron chi connectivity index (χ2n) is 8.26. The van der Waals surface area contributed by atoms with Crippen LogP contribution in [-0.4, -0.2) is 39.9 Å². The number of carbonyl (C=O) groups excluding carboxylic acids is 2. The lowest BCUT2D eigenvalue weighted by molar-refractivity contribution is -0.126. The highest BCUT2D eigenvalue weighted by Crippen LogP contribution is 2.41. The zero-order valence-corrected chi connectivity index (χ0v) is 17.5. The number of nitrogens with zero attached hydrogens (tertiary/aromatic N) is 1. The number of nitrogens with one attached hydrogen (secondary N) is 1. The summed E-state index contributed by atoms with van der Waals surface area (Å²) in [5.41, 5.74) is 0.676. The third kappa shape index (κ3) is 4.68. The van der Waals surface area contributed by atoms with Crippen molar-refractivity contribution in [3.8, 4) is 0 Å². The fourth-order valence-electron chi connectivity index (χ4n) is 3.99. The Balaban J connectivity index is 1.83. The molecule has 3 atom stereocenters. The molecule has 1 aromatic rings. The summed E-state index contributed by atoms with van der Waals surface area (Å²) in [5.74, 6) is 1.54. The van der Waals surface area contributed by atoms with Gasteiger partial charge in [0.2, 0.25) is 5.91 Å². The van der Waals surface area contributed by atoms with Gasteiger partial charge in [-0.05, 0) is 43.7 Å². The first kappa shape index (κ1) is 20.2. The monoisotopic (exact) mass is 388 g/mol. The fraction of sp³-hybridized carbons (Fsp3) is 0.636. The summed E-state index contributed by atoms with van der Waals surface area (Å²) in [4.78, 5) is 28.3. The molecule has 1 aliphatic heterocycles. The quantitative estimate of drug-likeness (QED) is 0.818. The van der Waals surface area contributed by atoms with Crippen LogP contribution >= 0.6 is 11.8 Å². The van der Waals surface area contributed by atoms with Gasteiger partial charge in [-0.25, -0.2) is 0 Å². The molecule has 1 saturated heterocycles. The van der Waals surface area contributed by atoms with Crippen molar-refractivity contribution in [1.82, 2.24) is 10.2 Å². The highest BCUT2D eigenvalue weighted by atomic mass is 32.2. The van der Waals surface area contributed by atoms with E-state index in [1.807, 2.05) is 42.2 Å². The van der Waals surface area contributed by atoms with E-state index in [2.05, 4.69) is 19.2 Å². The van der Waals surface area contributed by atoms with Gasteiger partial charge in [-0.15, -0.1) is 11.8 Å². The number of rotatable bonds is 5. The molecule has 148 valence electrons. The van der Waals surface area contributed by atoms with Gasteiger partial charge in [0.15, 0.2) is 0 Å². The van der Waals surface area contributed by atoms with Crippen molar-refractivity contribution < 1.29 is 9.59 Å². The molecule has 27 heavy (non-hydrogen) atoms. The Labute approximate surface area is 167 Å². The van der Waals surface area contributed by atoms with E-state index in [9.17, 15) is 9.59 Å². The topological polar surface area (TPSA) is 49.4 Å². The SMILES string of the molecule is CC(C)[C@H](C)NC(=O)[C@H]1CS[C@H](C2CCCCC2)N1C(=O)c1ccccc1. The van der Waals surface area contributed by atoms with E-state index in [0.717, 1.165) is 12.8 Å². The maximum absolute atomic E-state index is 13.4. The summed E-state index contributed by atoms with van der Waals surface area (Å²) in [5, 5.41) is 3.25. The minimum absolute atomic E-state index is 0.00600. The number of amides is 2. The van der Waals surface area contributed by atoms with Gasteiger partial charge in [-0.1, -0.05) is 51.3 Å². The highest BCUT2D eigenvalue weighted by Gasteiger charge is 2.45. The molecule has 2 amide bonds. The number of hydrogen-bond acceptors (Lipinski definition) is 3. The van der Waals surface area contributed by atoms with E-state index in [1.54, 1.807) is 11.8 Å². The third-order valence-corrected chi connectivity index (χ3v) is 7.48. The first-order valence-electron chi connectivity index (χ1n) is 10.3. The minimum atomic E-state index is -0.379. The standard InChI is InChI=1S/C22H32N2O2S/c1-15(2)16(3)23-20(25)19-14-27-22(18-12-8-5-9-13-18)24(19)21(26)17-10-6-4-7-11-17/h4,6-7,10-11,15-16,18-19,22H,5,8-9,12-14H2,1-3H3,(H,23,25)/t16-,19+,22+/m0/s1. The molecule has 1 aromatic carbocycles. The van der Waals surface area contributed by atoms with E-state index in [-0.39, 0.29) is 29.3 Å². The van der Waals surface area contributed by atoms with Crippen LogP contribution in [0.3, 0.4) is 0 Å². The van der Waals surface area contributed by atoms with Gasteiger partial charge in [0, 0.05) is 17.4 Å². The Hall–Kier alpha value is -1.49. The Morgan fingerprint density at radius 2 is 1.74 bits per heavy atom. The molecule has 1 aliphatic carbocycles. The van der Waals surface area contributed by atoms with Gasteiger partial charge >= 0.3 is 0 Å². The summed E-state index contributed by atoms with van der Waals surface area (Å²) in [6.07, 6.45) is 6.07. The molecular weight excluding hydrogens is 356 g/mol. The highest BCUT2D eigenvalue weighted by molar-refractivity contribution is 8.00. The summed E-state index contributed by atoms with van der Waals surface area (Å²) in [7, 11) is 0. The Morgan fingerprint density at radius 1 is 1.07 bits per heavy atom. The molecule has 0 bridgehead atoms. The predicted octanol–water partition coefficient (Wildman–Crippen LogP) is 4.31. The molecule has 4 nitrogen and oxygen atoms in total. The van der Waals surface area contributed by atoms with Gasteiger partial charge in [0.05, 0.1) is 5.37 Å². The molecule has 1 N–H and O–H groups in total. The molecule has 1 saturated carbocycles. The maximum Gasteiger partial charge on any atom is 0.255 e. The van der Waals surface area contributed by atoms with Crippen molar-refractivity contribution in [2.75, 3.05) is 5.75 Å². The van der Waals surface area contributed by atoms with Crippen molar-refractivity contribution in [3.63, 3.8) is 0 Å². The minimum Gasteiger partial charge on any atom is -0.352 e. The molecule has 1 heterocycles. The van der Waals surface area contributed by atoms with Crippen LogP contribution in [0.5, 0.6) is 0 Å². The van der Waals surface area contributed by atoms with Gasteiger partial charge < -0.3 is 10.2 Å². The van der Waals surface area contributed by atoms with E-state index in [1.165, 1.54) is 19.3 Å². The average Bonchev–Trinajstić information content (AvgIpc) is 3.13. The van der Waals surface area contributed by atoms with Crippen LogP contribution in [0.25, 0.3) is 0 Å². The van der Waals surface area contributed by atoms with Crippen LogP contribution < -0.4 is 5.32 Å². The van der Waals surface area contributed by atoms with Crippen LogP contribution in [0.2, 0.25) is 0 Å². The Morgan fingerprint density at radius 3 is 2.37 bits per heavy atom. The maximum atomic E-state index is 13.4. The second kappa shape index (κ2) is 9.13. The van der Waals surface area contributed by atoms with E-state index in [0.29, 0.717) is 23.2 Å². The first-order valence-corrected chi connectivity index (χ1v) is 11.3. The van der Waals surface area contributed by atoms with Crippen molar-refractivity contribution in [1.29, 1.82) is 0 Å². The van der Waals surface area contributed by atoms with Crippen molar-refractivity contribution in [3.05, 3.63) is 35.9 Å². The number of hydrogen-bond donors (Lipinski definition) is 1. The van der Waals surface area contributed by atoms with E-state index < -0.39 is 0 Å². The van der Waals surface area contributed by atoms with E-state index >= 15 is 0 Å². The number of carbonyl (C=O) groups is 2. The molecule has 0 spiro atoms. The molecule has 2 fully saturated rings. The second-order valence-corrected chi connectivity index (χ2v) is 9.41. The largest absolute Gasteiger partial charge is 0.352 e. The molecule has 0 radical (unpaired) electrons. The van der Waals surface area contributed by atoms with Crippen molar-refractivity contribution >= 4 is 23.6 Å². The summed E-state index contributed by atoms with van der Waals surface area (Å²) >= 11 is 1.80. The summed E-state index contributed by atoms with van der Waals surface area (Å²) in [6, 6.07) is 9.14. The Bertz CT molecular complexity index is 643. The molecular formula is C22H32N2O2S. The molecule has 0 aromatic heterocycles. The smallest absolute Gasteiger partial charge is 0.255 e. The first-order chi connectivity index (χ1) is 13.0. The van der Waals surface area contributed by atoms with Gasteiger partial charge in [0.1, 0.15) is 6.04 Å². The lowest BCUT2D eigenvalue weighted by Gasteiger charge is -2.36. The lowest BCUT2D eigenvalue weighted by Crippen LogP contribution is -2.53. The third-order valence-electron chi connectivity index (χ3n) is 6.02. The van der Waals surface area contributed by atoms with Gasteiger partial charge in [-0.3, -0.25) is 9.59 Å². The molecule has 3 rings (SSSR count). The molecule has 0 unspecified atom stereocenters. The Kier molecular flexibility index (Phi) is 6.85. The molecule has 2 aliphatic rings. The van der Waals surface area contributed by atoms with Gasteiger partial charge in [-0.2, -0.15) is 0 Å². The van der Waals surface area contributed by atoms with Crippen LogP contribution in [-0.2, 0) is 4.79 Å². The zero-order valence-electron chi connectivity index (χ0n) is 16.7. The normalized spacial score (nSPS) is 24.8. The van der Waals surface area contributed by atoms with Crippen LogP contribution in [0.1, 0.15) is 63.2 Å². The summed E-state index contributed by atoms with van der Waals surface area (Å²) < 4.78 is 0. The van der Waals surface area contributed by atoms with Crippen molar-refractivity contribution in [2.24, 2.45) is 11.8 Å². The van der Waals surface area contributed by atoms with Crippen LogP contribution in [0.4, 0.5) is 0 Å². The summed E-state index contributed by atoms with van der Waals surface area (Å²) in [6.45, 7) is 6.24. The number of benzene rings is 1. The van der Waals surface area contributed by atoms with Crippen LogP contribution in [0.15, 0.2) is 30.3 Å². The zero-order chi connectivity index (χ0) is 19.4. The lowest BCUT2D eigenvalue weighted by atomic mass is 9.88. The molecule has 5 heteroatoms. The van der Waals surface area contributed by atoms with Crippen molar-refractivity contribution in [2.45, 2.75) is 70.3 Å². The predicted molar refractivity (Wildman–Crippen MR) is 112 cm³/mol. The van der Waals surface area contributed by atoms with Crippen LogP contribution in [0, 0.1) is 11.8 Å². The fourth-order valence-corrected chi connectivity index (χ4v) is 5.63. The van der Waals surface area contributed by atoms with E-state index in [4.69, 9.17) is 0 Å². The van der Waals surface area contributed by atoms with Gasteiger partial charge in [0.25, 0.3) is 5.91 Å². The average molecular weight is 389 g/mol.